The van der Waals surface area contributed by atoms with Gasteiger partial charge in [0.25, 0.3) is 0 Å². The largest absolute Gasteiger partial charge is 0.0599 e. The average molecular weight is 152 g/mol. The van der Waals surface area contributed by atoms with Crippen LogP contribution in [0.25, 0.3) is 0 Å². The number of rotatable bonds is 0. The molecule has 0 saturated heterocycles. The van der Waals surface area contributed by atoms with E-state index in [-0.39, 0.29) is 0 Å². The molecule has 0 aromatic heterocycles. The Morgan fingerprint density at radius 1 is 0.800 bits per heavy atom. The fraction of sp³-hybridized carbons (Fsp3) is 1.00. The molecule has 1 rings (SSSR count). The molecule has 1 fully saturated rings. The zero-order valence-electron chi connectivity index (χ0n) is 17.8. The molecule has 60 valence electrons. The molecule has 0 unspecified atom stereocenters. The van der Waals surface area contributed by atoms with Crippen LogP contribution in [0.15, 0.2) is 0 Å². The van der Waals surface area contributed by atoms with E-state index in [0.717, 1.165) is 0 Å². The monoisotopic (exact) mass is 152 g/mol. The van der Waals surface area contributed by atoms with Crippen molar-refractivity contribution in [1.82, 2.24) is 0 Å². The van der Waals surface area contributed by atoms with Gasteiger partial charge in [-0.05, 0) is 36.5 Å². The Labute approximate surface area is 81.9 Å². The Morgan fingerprint density at radius 2 is 1.10 bits per heavy atom. The predicted octanol–water partition coefficient (Wildman–Crippen LogP) is 3.61. The van der Waals surface area contributed by atoms with Gasteiger partial charge in [0.2, 0.25) is 0 Å². The lowest BCUT2D eigenvalue weighted by Gasteiger charge is -2.39. The van der Waals surface area contributed by atoms with Crippen molar-refractivity contribution in [2.45, 2.75) is 53.1 Å². The molecule has 0 radical (unpaired) electrons. The van der Waals surface area contributed by atoms with Crippen molar-refractivity contribution in [1.29, 1.82) is 0 Å². The van der Waals surface area contributed by atoms with Gasteiger partial charge in [-0.25, -0.2) is 0 Å². The van der Waals surface area contributed by atoms with Gasteiger partial charge >= 0.3 is 0 Å². The number of hydrogen-bond donors (Lipinski definition) is 0. The summed E-state index contributed by atoms with van der Waals surface area (Å²) in [6.45, 7) is -11.2. The summed E-state index contributed by atoms with van der Waals surface area (Å²) >= 11 is 0. The van der Waals surface area contributed by atoms with Crippen molar-refractivity contribution >= 4 is 0 Å². The topological polar surface area (TPSA) is 0 Å². The van der Waals surface area contributed by atoms with E-state index in [1.807, 2.05) is 0 Å². The summed E-state index contributed by atoms with van der Waals surface area (Å²) in [7, 11) is 0. The molecule has 0 heteroatoms. The highest BCUT2D eigenvalue weighted by atomic mass is 14.4. The van der Waals surface area contributed by atoms with E-state index in [0.29, 0.717) is 0 Å². The van der Waals surface area contributed by atoms with Crippen LogP contribution >= 0.6 is 0 Å². The molecule has 0 N–H and O–H groups in total. The summed E-state index contributed by atoms with van der Waals surface area (Å²) in [5, 5.41) is 0. The van der Waals surface area contributed by atoms with E-state index in [2.05, 4.69) is 0 Å². The van der Waals surface area contributed by atoms with Gasteiger partial charge in [0.05, 0.1) is 0 Å². The van der Waals surface area contributed by atoms with Gasteiger partial charge in [0, 0.05) is 16.4 Å². The first kappa shape index (κ1) is 1.67. The van der Waals surface area contributed by atoms with Crippen molar-refractivity contribution in [3.8, 4) is 0 Å². The van der Waals surface area contributed by atoms with E-state index in [4.69, 9.17) is 16.4 Å². The Kier molecular flexibility index (Phi) is 0.377. The van der Waals surface area contributed by atoms with Crippen LogP contribution in [0.1, 0.15) is 69.5 Å². The molecular weight excluding hydrogens is 120 g/mol. The van der Waals surface area contributed by atoms with Crippen molar-refractivity contribution < 1.29 is 16.4 Å². The fourth-order valence-electron chi connectivity index (χ4n) is 1.10. The summed E-state index contributed by atoms with van der Waals surface area (Å²) in [6.07, 6.45) is -1.90. The van der Waals surface area contributed by atoms with Crippen molar-refractivity contribution in [3.63, 3.8) is 0 Å². The van der Waals surface area contributed by atoms with Gasteiger partial charge in [0.15, 0.2) is 0 Å². The van der Waals surface area contributed by atoms with Crippen LogP contribution in [-0.4, -0.2) is 0 Å². The molecule has 0 nitrogen and oxygen atoms in total. The quantitative estimate of drug-likeness (QED) is 0.497. The van der Waals surface area contributed by atoms with Gasteiger partial charge < -0.3 is 0 Å². The van der Waals surface area contributed by atoms with Crippen LogP contribution in [0.4, 0.5) is 0 Å². The normalized spacial score (nSPS) is 52.8. The maximum absolute atomic E-state index is 7.56. The molecule has 0 aliphatic heterocycles. The van der Waals surface area contributed by atoms with Crippen LogP contribution < -0.4 is 0 Å². The van der Waals surface area contributed by atoms with E-state index >= 15 is 0 Å². The second kappa shape index (κ2) is 2.25. The summed E-state index contributed by atoms with van der Waals surface area (Å²) < 4.78 is 90.8. The first-order chi connectivity index (χ1) is 9.41. The standard InChI is InChI=1S/C10H20/c1-9(2)5-7-10(3,4)8-6-9/h5-8H2,1-4H3/i1D3,2D3,3D3,4D3. The first-order valence-electron chi connectivity index (χ1n) is 9.41. The van der Waals surface area contributed by atoms with Crippen molar-refractivity contribution in [2.24, 2.45) is 10.8 Å². The maximum Gasteiger partial charge on any atom is 0.0236 e. The highest BCUT2D eigenvalue weighted by Crippen LogP contribution is 2.44. The molecule has 0 amide bonds. The predicted molar refractivity (Wildman–Crippen MR) is 46.0 cm³/mol. The van der Waals surface area contributed by atoms with E-state index in [1.54, 1.807) is 0 Å². The van der Waals surface area contributed by atoms with Crippen LogP contribution in [-0.2, 0) is 0 Å². The molecule has 0 atom stereocenters. The zero-order valence-corrected chi connectivity index (χ0v) is 5.83. The zero-order chi connectivity index (χ0) is 17.8. The van der Waals surface area contributed by atoms with Crippen LogP contribution in [0.3, 0.4) is 0 Å². The minimum atomic E-state index is -2.81. The summed E-state index contributed by atoms with van der Waals surface area (Å²) in [4.78, 5) is 0. The van der Waals surface area contributed by atoms with Gasteiger partial charge in [-0.2, -0.15) is 0 Å². The smallest absolute Gasteiger partial charge is 0.0236 e. The molecule has 0 spiro atoms. The Bertz CT molecular complexity index is 326. The SMILES string of the molecule is [2H]C([2H])([2H])C1(C([2H])([2H])[2H])CCC(C([2H])([2H])[2H])(C([2H])([2H])[2H])CC1. The van der Waals surface area contributed by atoms with E-state index in [9.17, 15) is 0 Å². The Morgan fingerprint density at radius 3 is 1.30 bits per heavy atom. The first-order valence-corrected chi connectivity index (χ1v) is 3.41. The summed E-state index contributed by atoms with van der Waals surface area (Å²) in [6, 6.07) is 0. The molecule has 0 bridgehead atoms. The molecule has 0 aromatic rings. The highest BCUT2D eigenvalue weighted by molar-refractivity contribution is 4.82. The van der Waals surface area contributed by atoms with Crippen molar-refractivity contribution in [2.75, 3.05) is 0 Å². The third-order valence-corrected chi connectivity index (χ3v) is 1.96. The number of hydrogen-bond acceptors (Lipinski definition) is 0. The van der Waals surface area contributed by atoms with E-state index in [1.165, 1.54) is 0 Å². The molecular formula is C10H20. The lowest BCUT2D eigenvalue weighted by Crippen LogP contribution is -2.26. The summed E-state index contributed by atoms with van der Waals surface area (Å²) in [5.74, 6) is 0. The third-order valence-electron chi connectivity index (χ3n) is 1.96. The third kappa shape index (κ3) is 2.00. The molecule has 1 aliphatic rings. The minimum Gasteiger partial charge on any atom is -0.0599 e. The molecule has 0 aromatic carbocycles. The molecule has 1 aliphatic carbocycles. The molecule has 0 heterocycles. The molecule has 10 heavy (non-hydrogen) atoms. The maximum atomic E-state index is 7.56. The average Bonchev–Trinajstić information content (AvgIpc) is 2.22. The molecule has 1 saturated carbocycles. The van der Waals surface area contributed by atoms with Crippen molar-refractivity contribution in [3.05, 3.63) is 0 Å². The van der Waals surface area contributed by atoms with Crippen LogP contribution in [0, 0.1) is 10.8 Å². The fourth-order valence-corrected chi connectivity index (χ4v) is 1.10. The Hall–Kier alpha value is 0. The minimum absolute atomic E-state index is 0.475. The lowest BCUT2D eigenvalue weighted by atomic mass is 9.67. The van der Waals surface area contributed by atoms with E-state index < -0.39 is 63.9 Å². The Balaban J connectivity index is 3.30. The van der Waals surface area contributed by atoms with Gasteiger partial charge in [-0.15, -0.1) is 0 Å². The van der Waals surface area contributed by atoms with Crippen LogP contribution in [0.5, 0.6) is 0 Å². The second-order valence-corrected chi connectivity index (χ2v) is 3.16. The van der Waals surface area contributed by atoms with Gasteiger partial charge in [-0.3, -0.25) is 0 Å². The lowest BCUT2D eigenvalue weighted by molar-refractivity contribution is 0.133. The van der Waals surface area contributed by atoms with Gasteiger partial charge in [0.1, 0.15) is 0 Å². The van der Waals surface area contributed by atoms with Gasteiger partial charge in [-0.1, -0.05) is 27.4 Å². The van der Waals surface area contributed by atoms with Crippen LogP contribution in [0.2, 0.25) is 0 Å². The summed E-state index contributed by atoms with van der Waals surface area (Å²) in [5.41, 5.74) is -4.11. The highest BCUT2D eigenvalue weighted by Gasteiger charge is 2.30. The second-order valence-electron chi connectivity index (χ2n) is 3.16.